The first-order chi connectivity index (χ1) is 10.6. The summed E-state index contributed by atoms with van der Waals surface area (Å²) >= 11 is 0. The number of ether oxygens (including phenoxy) is 1. The molecule has 0 radical (unpaired) electrons. The SMILES string of the molecule is CN1CCC(c2ccccc2Oc2cc(F)cc(F)c2)CC1. The number of likely N-dealkylation sites (tertiary alicyclic amines) is 1. The highest BCUT2D eigenvalue weighted by atomic mass is 19.1. The number of nitrogens with zero attached hydrogens (tertiary/aromatic N) is 1. The number of benzene rings is 2. The van der Waals surface area contributed by atoms with Gasteiger partial charge in [-0.3, -0.25) is 0 Å². The van der Waals surface area contributed by atoms with Crippen LogP contribution < -0.4 is 4.74 Å². The molecule has 1 fully saturated rings. The van der Waals surface area contributed by atoms with Crippen LogP contribution in [0.25, 0.3) is 0 Å². The summed E-state index contributed by atoms with van der Waals surface area (Å²) in [6.07, 6.45) is 2.13. The van der Waals surface area contributed by atoms with E-state index in [1.54, 1.807) is 0 Å². The molecule has 1 heterocycles. The molecule has 0 aliphatic carbocycles. The molecule has 0 amide bonds. The molecule has 3 rings (SSSR count). The molecule has 2 aromatic carbocycles. The van der Waals surface area contributed by atoms with E-state index in [4.69, 9.17) is 4.74 Å². The Balaban J connectivity index is 1.85. The number of rotatable bonds is 3. The number of hydrogen-bond donors (Lipinski definition) is 0. The molecule has 0 atom stereocenters. The van der Waals surface area contributed by atoms with Gasteiger partial charge in [0.1, 0.15) is 23.1 Å². The Morgan fingerprint density at radius 3 is 2.32 bits per heavy atom. The van der Waals surface area contributed by atoms with Crippen molar-refractivity contribution < 1.29 is 13.5 Å². The molecule has 2 aromatic rings. The Kier molecular flexibility index (Phi) is 4.39. The lowest BCUT2D eigenvalue weighted by Crippen LogP contribution is -2.29. The molecular weight excluding hydrogens is 284 g/mol. The fourth-order valence-electron chi connectivity index (χ4n) is 2.94. The number of piperidine rings is 1. The summed E-state index contributed by atoms with van der Waals surface area (Å²) in [5.74, 6) is 0.0317. The van der Waals surface area contributed by atoms with Crippen LogP contribution in [0.1, 0.15) is 24.3 Å². The molecule has 4 heteroatoms. The van der Waals surface area contributed by atoms with Crippen molar-refractivity contribution in [3.63, 3.8) is 0 Å². The molecule has 2 nitrogen and oxygen atoms in total. The van der Waals surface area contributed by atoms with Gasteiger partial charge >= 0.3 is 0 Å². The maximum Gasteiger partial charge on any atom is 0.133 e. The molecule has 0 bridgehead atoms. The van der Waals surface area contributed by atoms with Crippen molar-refractivity contribution in [3.8, 4) is 11.5 Å². The van der Waals surface area contributed by atoms with Crippen LogP contribution in [0.3, 0.4) is 0 Å². The van der Waals surface area contributed by atoms with Crippen molar-refractivity contribution in [1.82, 2.24) is 4.90 Å². The van der Waals surface area contributed by atoms with Crippen molar-refractivity contribution >= 4 is 0 Å². The molecule has 116 valence electrons. The van der Waals surface area contributed by atoms with E-state index in [1.165, 1.54) is 12.1 Å². The molecule has 22 heavy (non-hydrogen) atoms. The van der Waals surface area contributed by atoms with E-state index >= 15 is 0 Å². The van der Waals surface area contributed by atoms with E-state index in [0.717, 1.165) is 37.6 Å². The first-order valence-corrected chi connectivity index (χ1v) is 7.53. The smallest absolute Gasteiger partial charge is 0.133 e. The van der Waals surface area contributed by atoms with Gasteiger partial charge in [0.15, 0.2) is 0 Å². The van der Waals surface area contributed by atoms with Crippen LogP contribution in [-0.2, 0) is 0 Å². The number of para-hydroxylation sites is 1. The monoisotopic (exact) mass is 303 g/mol. The second-order valence-corrected chi connectivity index (χ2v) is 5.82. The van der Waals surface area contributed by atoms with Crippen LogP contribution in [0.5, 0.6) is 11.5 Å². The Bertz CT molecular complexity index is 631. The van der Waals surface area contributed by atoms with Crippen LogP contribution in [-0.4, -0.2) is 25.0 Å². The van der Waals surface area contributed by atoms with E-state index < -0.39 is 11.6 Å². The Hall–Kier alpha value is -1.94. The molecule has 0 saturated carbocycles. The quantitative estimate of drug-likeness (QED) is 0.824. The Labute approximate surface area is 129 Å². The van der Waals surface area contributed by atoms with Gasteiger partial charge in [0.2, 0.25) is 0 Å². The normalized spacial score (nSPS) is 16.7. The first kappa shape index (κ1) is 15.0. The minimum absolute atomic E-state index is 0.192. The van der Waals surface area contributed by atoms with Gasteiger partial charge in [-0.1, -0.05) is 18.2 Å². The molecule has 0 unspecified atom stereocenters. The maximum atomic E-state index is 13.3. The third-order valence-electron chi connectivity index (χ3n) is 4.14. The second-order valence-electron chi connectivity index (χ2n) is 5.82. The van der Waals surface area contributed by atoms with Crippen LogP contribution in [0.15, 0.2) is 42.5 Å². The summed E-state index contributed by atoms with van der Waals surface area (Å²) in [6.45, 7) is 2.10. The minimum Gasteiger partial charge on any atom is -0.457 e. The third kappa shape index (κ3) is 3.45. The number of hydrogen-bond acceptors (Lipinski definition) is 2. The topological polar surface area (TPSA) is 12.5 Å². The van der Waals surface area contributed by atoms with E-state index in [0.29, 0.717) is 11.7 Å². The lowest BCUT2D eigenvalue weighted by atomic mass is 9.89. The van der Waals surface area contributed by atoms with Crippen molar-refractivity contribution in [2.75, 3.05) is 20.1 Å². The molecule has 0 spiro atoms. The first-order valence-electron chi connectivity index (χ1n) is 7.53. The van der Waals surface area contributed by atoms with Crippen LogP contribution in [0.4, 0.5) is 8.78 Å². The molecule has 1 saturated heterocycles. The Morgan fingerprint density at radius 2 is 1.64 bits per heavy atom. The van der Waals surface area contributed by atoms with Crippen molar-refractivity contribution in [2.45, 2.75) is 18.8 Å². The highest BCUT2D eigenvalue weighted by Crippen LogP contribution is 2.36. The predicted octanol–water partition coefficient (Wildman–Crippen LogP) is 4.57. The van der Waals surface area contributed by atoms with Gasteiger partial charge in [-0.2, -0.15) is 0 Å². The lowest BCUT2D eigenvalue weighted by Gasteiger charge is -2.30. The van der Waals surface area contributed by atoms with Crippen LogP contribution >= 0.6 is 0 Å². The average molecular weight is 303 g/mol. The van der Waals surface area contributed by atoms with Crippen molar-refractivity contribution in [1.29, 1.82) is 0 Å². The van der Waals surface area contributed by atoms with E-state index in [1.807, 2.05) is 24.3 Å². The second kappa shape index (κ2) is 6.44. The van der Waals surface area contributed by atoms with Crippen LogP contribution in [0, 0.1) is 11.6 Å². The summed E-state index contributed by atoms with van der Waals surface area (Å²) in [4.78, 5) is 2.31. The summed E-state index contributed by atoms with van der Waals surface area (Å²) in [5, 5.41) is 0. The molecule has 0 N–H and O–H groups in total. The highest BCUT2D eigenvalue weighted by Gasteiger charge is 2.21. The molecule has 1 aliphatic rings. The summed E-state index contributed by atoms with van der Waals surface area (Å²) in [7, 11) is 2.12. The van der Waals surface area contributed by atoms with Gasteiger partial charge < -0.3 is 9.64 Å². The molecular formula is C18H19F2NO. The zero-order valence-corrected chi connectivity index (χ0v) is 12.6. The van der Waals surface area contributed by atoms with Gasteiger partial charge in [-0.05, 0) is 50.5 Å². The Morgan fingerprint density at radius 1 is 1.00 bits per heavy atom. The molecule has 1 aliphatic heterocycles. The van der Waals surface area contributed by atoms with E-state index in [9.17, 15) is 8.78 Å². The fourth-order valence-corrected chi connectivity index (χ4v) is 2.94. The standard InChI is InChI=1S/C18H19F2NO/c1-21-8-6-13(7-9-21)17-4-2-3-5-18(17)22-16-11-14(19)10-15(20)12-16/h2-5,10-13H,6-9H2,1H3. The summed E-state index contributed by atoms with van der Waals surface area (Å²) in [6, 6.07) is 11.0. The van der Waals surface area contributed by atoms with Crippen molar-refractivity contribution in [2.24, 2.45) is 0 Å². The van der Waals surface area contributed by atoms with E-state index in [2.05, 4.69) is 11.9 Å². The zero-order valence-electron chi connectivity index (χ0n) is 12.6. The van der Waals surface area contributed by atoms with Gasteiger partial charge in [0.25, 0.3) is 0 Å². The van der Waals surface area contributed by atoms with Gasteiger partial charge in [-0.25, -0.2) is 8.78 Å². The fraction of sp³-hybridized carbons (Fsp3) is 0.333. The third-order valence-corrected chi connectivity index (χ3v) is 4.14. The van der Waals surface area contributed by atoms with Crippen LogP contribution in [0.2, 0.25) is 0 Å². The molecule has 0 aromatic heterocycles. The number of halogens is 2. The van der Waals surface area contributed by atoms with Gasteiger partial charge in [0, 0.05) is 18.2 Å². The van der Waals surface area contributed by atoms with E-state index in [-0.39, 0.29) is 5.75 Å². The van der Waals surface area contributed by atoms with Gasteiger partial charge in [0.05, 0.1) is 0 Å². The zero-order chi connectivity index (χ0) is 15.5. The maximum absolute atomic E-state index is 13.3. The summed E-state index contributed by atoms with van der Waals surface area (Å²) < 4.78 is 32.4. The minimum atomic E-state index is -0.633. The highest BCUT2D eigenvalue weighted by molar-refractivity contribution is 5.40. The van der Waals surface area contributed by atoms with Gasteiger partial charge in [-0.15, -0.1) is 0 Å². The predicted molar refractivity (Wildman–Crippen MR) is 82.3 cm³/mol. The summed E-state index contributed by atoms with van der Waals surface area (Å²) in [5.41, 5.74) is 1.11. The largest absolute Gasteiger partial charge is 0.457 e. The average Bonchev–Trinajstić information content (AvgIpc) is 2.48. The lowest BCUT2D eigenvalue weighted by molar-refractivity contribution is 0.253. The van der Waals surface area contributed by atoms with Crippen molar-refractivity contribution in [3.05, 3.63) is 59.7 Å².